The molecular formula is C134H86N10O2S. The summed E-state index contributed by atoms with van der Waals surface area (Å²) in [4.78, 5) is 26.2. The lowest BCUT2D eigenvalue weighted by atomic mass is 10.0. The van der Waals surface area contributed by atoms with E-state index in [1.54, 1.807) is 0 Å². The van der Waals surface area contributed by atoms with Crippen molar-refractivity contribution in [2.45, 2.75) is 0 Å². The average Bonchev–Trinajstić information content (AvgIpc) is 1.59. The van der Waals surface area contributed by atoms with Gasteiger partial charge in [-0.1, -0.05) is 285 Å². The number of furan rings is 2. The quantitative estimate of drug-likeness (QED) is 0.0993. The monoisotopic (exact) mass is 1900 g/mol. The standard InChI is InChI=1S/C45H29N3O.C45H29N3S.C44H28N4O/c1-2-13-32(14-3-1)48-42-18-8-6-16-36(42)38-27-31(21-25-43(38)48)40-24-22-34(29-46-40)47(41-19-10-12-30-11-4-5-15-35(30)41)33-23-26-45-39(28-33)37-17-7-9-20-44(37)49-45;1-2-12-35-31(10-1)11-9-16-40(35)47(34-24-26-44-39(29-34)37-14-4-6-17-43(37)49-44)33-22-19-30(20-23-33)32-21-25-42-38(28-32)36-13-3-5-15-41(36)48(42)45-18-7-8-27-46-45;1-2-13-33-29(10-1)11-7-18-39(33)48(42-19-8-16-36-35-15-4-6-20-43(35)49-44(36)42)32-22-23-38(46-28-32)30-21-24-41-37(26-30)34-14-3-5-17-40(34)47(41)31-12-9-25-45-27-31/h2*1-29H;1-28H. The third-order valence-electron chi connectivity index (χ3n) is 28.8. The topological polar surface area (TPSA) is 102 Å². The number of hydrogen-bond donors (Lipinski definition) is 0. The second-order valence-electron chi connectivity index (χ2n) is 37.1. The maximum absolute atomic E-state index is 6.55. The van der Waals surface area contributed by atoms with Gasteiger partial charge in [0.1, 0.15) is 22.6 Å². The van der Waals surface area contributed by atoms with Crippen LogP contribution < -0.4 is 14.7 Å². The van der Waals surface area contributed by atoms with Gasteiger partial charge in [-0.25, -0.2) is 4.98 Å². The number of benzene rings is 20. The number of thiophene rings is 1. The van der Waals surface area contributed by atoms with Crippen molar-refractivity contribution in [3.8, 4) is 50.8 Å². The summed E-state index contributed by atoms with van der Waals surface area (Å²) in [5.41, 5.74) is 28.5. The molecule has 147 heavy (non-hydrogen) atoms. The molecule has 0 saturated heterocycles. The van der Waals surface area contributed by atoms with Crippen molar-refractivity contribution in [2.75, 3.05) is 14.7 Å². The third kappa shape index (κ3) is 14.9. The number of hydrogen-bond acceptors (Lipinski definition) is 10. The van der Waals surface area contributed by atoms with E-state index in [4.69, 9.17) is 18.8 Å². The first-order valence-corrected chi connectivity index (χ1v) is 50.3. The van der Waals surface area contributed by atoms with E-state index < -0.39 is 0 Å². The predicted molar refractivity (Wildman–Crippen MR) is 614 cm³/mol. The molecule has 0 fully saturated rings. The van der Waals surface area contributed by atoms with E-state index in [2.05, 4.69) is 487 Å². The Labute approximate surface area is 848 Å². The summed E-state index contributed by atoms with van der Waals surface area (Å²) in [6.07, 6.45) is 9.54. The number of nitrogens with zero attached hydrogens (tertiary/aromatic N) is 10. The second-order valence-corrected chi connectivity index (χ2v) is 38.2. The van der Waals surface area contributed by atoms with Crippen LogP contribution in [0.25, 0.3) is 213 Å². The molecule has 0 spiro atoms. The van der Waals surface area contributed by atoms with Gasteiger partial charge in [0.15, 0.2) is 5.58 Å². The number of fused-ring (bicyclic) bond motifs is 21. The first-order valence-electron chi connectivity index (χ1n) is 49.5. The maximum Gasteiger partial charge on any atom is 0.159 e. The van der Waals surface area contributed by atoms with E-state index >= 15 is 0 Å². The molecule has 0 aliphatic heterocycles. The van der Waals surface area contributed by atoms with E-state index in [0.29, 0.717) is 0 Å². The molecule has 10 heterocycles. The minimum absolute atomic E-state index is 0.844. The van der Waals surface area contributed by atoms with Crippen molar-refractivity contribution in [2.24, 2.45) is 0 Å². The molecule has 0 saturated carbocycles. The molecule has 0 bridgehead atoms. The summed E-state index contributed by atoms with van der Waals surface area (Å²) in [6.45, 7) is 0. The Morgan fingerprint density at radius 3 is 1.20 bits per heavy atom. The van der Waals surface area contributed by atoms with Crippen LogP contribution in [-0.2, 0) is 0 Å². The SMILES string of the molecule is c1ccc(-n2c3ccccc3c3cc(-c4ccc(N(c5ccc6oc7ccccc7c6c5)c5cccc6ccccc56)cn4)ccc32)cc1.c1ccc(-n2c3ccccc3c3cc(-c4ccc(N(c5ccc6sc7ccccc7c6c5)c5cccc6ccccc56)cc4)ccc32)nc1.c1cncc(-n2c3ccccc3c3cc(-c4ccc(N(c5cccc6ccccc56)c5cccc6c5oc5ccccc56)cn4)ccc32)c1. The minimum atomic E-state index is 0.844. The zero-order chi connectivity index (χ0) is 96.9. The number of aromatic nitrogens is 7. The van der Waals surface area contributed by atoms with E-state index in [-0.39, 0.29) is 0 Å². The largest absolute Gasteiger partial charge is 0.456 e. The van der Waals surface area contributed by atoms with E-state index in [1.165, 1.54) is 102 Å². The highest BCUT2D eigenvalue weighted by Crippen LogP contribution is 2.50. The molecule has 30 aromatic rings. The van der Waals surface area contributed by atoms with Gasteiger partial charge >= 0.3 is 0 Å². The number of pyridine rings is 4. The maximum atomic E-state index is 6.55. The van der Waals surface area contributed by atoms with Crippen LogP contribution in [0, 0.1) is 0 Å². The van der Waals surface area contributed by atoms with Crippen molar-refractivity contribution >= 4 is 224 Å². The van der Waals surface area contributed by atoms with Gasteiger partial charge in [0.25, 0.3) is 0 Å². The zero-order valence-electron chi connectivity index (χ0n) is 79.3. The van der Waals surface area contributed by atoms with Gasteiger partial charge in [-0.05, 0) is 234 Å². The van der Waals surface area contributed by atoms with Gasteiger partial charge in [-0.15, -0.1) is 11.3 Å². The first kappa shape index (κ1) is 85.4. The van der Waals surface area contributed by atoms with Gasteiger partial charge < -0.3 is 32.7 Å². The Bertz CT molecular complexity index is 9940. The summed E-state index contributed by atoms with van der Waals surface area (Å²) >= 11 is 1.85. The molecule has 20 aromatic carbocycles. The Hall–Kier alpha value is -19.6. The van der Waals surface area contributed by atoms with Crippen LogP contribution in [0.2, 0.25) is 0 Å². The summed E-state index contributed by atoms with van der Waals surface area (Å²) in [5.74, 6) is 0.924. The average molecular weight is 1900 g/mol. The van der Waals surface area contributed by atoms with Crippen molar-refractivity contribution in [3.05, 3.63) is 522 Å². The number of rotatable bonds is 15. The Morgan fingerprint density at radius 1 is 0.204 bits per heavy atom. The van der Waals surface area contributed by atoms with Crippen LogP contribution in [0.1, 0.15) is 0 Å². The molecule has 30 rings (SSSR count). The van der Waals surface area contributed by atoms with Crippen molar-refractivity contribution in [1.29, 1.82) is 0 Å². The van der Waals surface area contributed by atoms with Crippen molar-refractivity contribution < 1.29 is 8.83 Å². The first-order chi connectivity index (χ1) is 72.9. The summed E-state index contributed by atoms with van der Waals surface area (Å²) in [5, 5.41) is 21.4. The summed E-state index contributed by atoms with van der Waals surface area (Å²) in [6, 6.07) is 174. The highest BCUT2D eigenvalue weighted by atomic mass is 32.1. The molecule has 690 valence electrons. The zero-order valence-corrected chi connectivity index (χ0v) is 80.2. The highest BCUT2D eigenvalue weighted by molar-refractivity contribution is 7.25. The minimum Gasteiger partial charge on any atom is -0.456 e. The lowest BCUT2D eigenvalue weighted by Crippen LogP contribution is -2.11. The van der Waals surface area contributed by atoms with E-state index in [9.17, 15) is 0 Å². The van der Waals surface area contributed by atoms with Crippen LogP contribution in [0.3, 0.4) is 0 Å². The fourth-order valence-electron chi connectivity index (χ4n) is 22.0. The van der Waals surface area contributed by atoms with E-state index in [1.807, 2.05) is 84.8 Å². The molecule has 0 radical (unpaired) electrons. The van der Waals surface area contributed by atoms with Crippen LogP contribution in [0.5, 0.6) is 0 Å². The number of para-hydroxylation sites is 7. The Morgan fingerprint density at radius 2 is 0.612 bits per heavy atom. The molecule has 13 heteroatoms. The second kappa shape index (κ2) is 35.9. The summed E-state index contributed by atoms with van der Waals surface area (Å²) in [7, 11) is 0. The van der Waals surface area contributed by atoms with Crippen LogP contribution in [0.4, 0.5) is 51.2 Å². The smallest absolute Gasteiger partial charge is 0.159 e. The van der Waals surface area contributed by atoms with Crippen LogP contribution in [0.15, 0.2) is 531 Å². The normalized spacial score (nSPS) is 11.7. The molecule has 0 aliphatic rings. The van der Waals surface area contributed by atoms with Gasteiger partial charge in [-0.2, -0.15) is 0 Å². The molecule has 12 nitrogen and oxygen atoms in total. The molecule has 0 N–H and O–H groups in total. The van der Waals surface area contributed by atoms with Gasteiger partial charge in [0.05, 0.1) is 103 Å². The third-order valence-corrected chi connectivity index (χ3v) is 29.9. The van der Waals surface area contributed by atoms with Crippen LogP contribution in [-0.4, -0.2) is 33.6 Å². The lowest BCUT2D eigenvalue weighted by Gasteiger charge is -2.27. The molecule has 10 aromatic heterocycles. The molecule has 0 amide bonds. The molecule has 0 unspecified atom stereocenters. The molecule has 0 atom stereocenters. The Kier molecular flexibility index (Phi) is 20.8. The fourth-order valence-corrected chi connectivity index (χ4v) is 23.1. The van der Waals surface area contributed by atoms with Crippen molar-refractivity contribution in [3.63, 3.8) is 0 Å². The van der Waals surface area contributed by atoms with Crippen LogP contribution >= 0.6 is 11.3 Å². The summed E-state index contributed by atoms with van der Waals surface area (Å²) < 4.78 is 22.2. The van der Waals surface area contributed by atoms with Gasteiger partial charge in [-0.3, -0.25) is 19.5 Å². The fraction of sp³-hybridized carbons (Fsp3) is 0. The molecular weight excluding hydrogens is 1810 g/mol. The van der Waals surface area contributed by atoms with E-state index in [0.717, 1.165) is 162 Å². The van der Waals surface area contributed by atoms with Gasteiger partial charge in [0, 0.05) is 136 Å². The highest BCUT2D eigenvalue weighted by Gasteiger charge is 2.27. The van der Waals surface area contributed by atoms with Gasteiger partial charge in [0.2, 0.25) is 0 Å². The Balaban J connectivity index is 0.000000107. The van der Waals surface area contributed by atoms with Crippen molar-refractivity contribution in [1.82, 2.24) is 33.6 Å². The number of anilines is 9. The lowest BCUT2D eigenvalue weighted by molar-refractivity contribution is 0.668. The molecule has 0 aliphatic carbocycles. The predicted octanol–water partition coefficient (Wildman–Crippen LogP) is 37.0.